The largest absolute Gasteiger partial charge is 0.497 e. The number of halogens is 2. The molecule has 0 spiro atoms. The first-order valence-electron chi connectivity index (χ1n) is 11.4. The zero-order valence-corrected chi connectivity index (χ0v) is 23.4. The van der Waals surface area contributed by atoms with Gasteiger partial charge in [0.25, 0.3) is 5.91 Å². The van der Waals surface area contributed by atoms with Crippen LogP contribution in [0.4, 0.5) is 0 Å². The van der Waals surface area contributed by atoms with Crippen molar-refractivity contribution in [2.24, 2.45) is 5.10 Å². The summed E-state index contributed by atoms with van der Waals surface area (Å²) in [6.45, 7) is 0.312. The lowest BCUT2D eigenvalue weighted by Gasteiger charge is -2.11. The Morgan fingerprint density at radius 2 is 1.55 bits per heavy atom. The number of hydrazone groups is 1. The van der Waals surface area contributed by atoms with Gasteiger partial charge in [-0.3, -0.25) is 4.79 Å². The van der Waals surface area contributed by atoms with Crippen LogP contribution in [-0.4, -0.2) is 25.2 Å². The van der Waals surface area contributed by atoms with Crippen molar-refractivity contribution in [2.75, 3.05) is 7.11 Å². The Labute approximate surface area is 236 Å². The molecule has 0 bridgehead atoms. The molecule has 0 saturated heterocycles. The lowest BCUT2D eigenvalue weighted by Crippen LogP contribution is -2.19. The molecule has 4 rings (SSSR count). The van der Waals surface area contributed by atoms with Crippen LogP contribution < -0.4 is 19.6 Å². The molecule has 0 saturated carbocycles. The van der Waals surface area contributed by atoms with Gasteiger partial charge < -0.3 is 14.2 Å². The van der Waals surface area contributed by atoms with Gasteiger partial charge in [0.15, 0.2) is 0 Å². The maximum atomic E-state index is 13.0. The molecule has 1 amide bonds. The first kappa shape index (κ1) is 27.1. The highest BCUT2D eigenvalue weighted by Gasteiger charge is 2.15. The van der Waals surface area contributed by atoms with Gasteiger partial charge in [-0.2, -0.15) is 5.10 Å². The Bertz CT molecular complexity index is 1460. The zero-order chi connectivity index (χ0) is 26.9. The number of hydrogen-bond donors (Lipinski definition) is 1. The number of carbonyl (C=O) groups excluding carboxylic acids is 2. The molecule has 0 atom stereocenters. The molecule has 0 radical (unpaired) electrons. The van der Waals surface area contributed by atoms with Gasteiger partial charge in [0.05, 0.1) is 24.5 Å². The first-order chi connectivity index (χ1) is 18.4. The summed E-state index contributed by atoms with van der Waals surface area (Å²) in [6.07, 6.45) is 1.40. The predicted octanol–water partition coefficient (Wildman–Crippen LogP) is 6.78. The van der Waals surface area contributed by atoms with Crippen molar-refractivity contribution in [1.82, 2.24) is 5.43 Å². The van der Waals surface area contributed by atoms with E-state index in [-0.39, 0.29) is 5.75 Å². The number of carbonyl (C=O) groups is 2. The fourth-order valence-corrected chi connectivity index (χ4v) is 4.10. The molecule has 0 unspecified atom stereocenters. The maximum absolute atomic E-state index is 13.0. The van der Waals surface area contributed by atoms with Crippen LogP contribution in [0.3, 0.4) is 0 Å². The van der Waals surface area contributed by atoms with Crippen LogP contribution in [0.25, 0.3) is 0 Å². The van der Waals surface area contributed by atoms with Gasteiger partial charge in [-0.05, 0) is 66.2 Å². The average Bonchev–Trinajstić information content (AvgIpc) is 2.94. The Morgan fingerprint density at radius 1 is 0.868 bits per heavy atom. The van der Waals surface area contributed by atoms with Crippen LogP contribution in [0, 0.1) is 0 Å². The molecule has 0 aliphatic rings. The standard InChI is InChI=1S/C29H22Br2N2O5/c1-36-24-11-7-20(8-12-24)29(35)38-26-13-9-22(30)15-21(26)17-32-33-28(34)25-16-23(31)10-14-27(25)37-18-19-5-3-2-4-6-19/h2-17H,18H2,1H3,(H,33,34)/b32-17-. The molecule has 4 aromatic rings. The van der Waals surface area contributed by atoms with E-state index in [1.54, 1.807) is 67.8 Å². The van der Waals surface area contributed by atoms with E-state index in [0.717, 1.165) is 14.5 Å². The van der Waals surface area contributed by atoms with Gasteiger partial charge in [-0.1, -0.05) is 62.2 Å². The van der Waals surface area contributed by atoms with E-state index < -0.39 is 11.9 Å². The normalized spacial score (nSPS) is 10.7. The summed E-state index contributed by atoms with van der Waals surface area (Å²) < 4.78 is 18.1. The minimum Gasteiger partial charge on any atom is -0.497 e. The number of nitrogens with one attached hydrogen (secondary N) is 1. The van der Waals surface area contributed by atoms with Crippen LogP contribution >= 0.6 is 31.9 Å². The lowest BCUT2D eigenvalue weighted by atomic mass is 10.2. The van der Waals surface area contributed by atoms with E-state index in [1.807, 2.05) is 30.3 Å². The molecule has 4 aromatic carbocycles. The fraction of sp³-hybridized carbons (Fsp3) is 0.0690. The number of ether oxygens (including phenoxy) is 3. The van der Waals surface area contributed by atoms with Gasteiger partial charge in [0.2, 0.25) is 0 Å². The first-order valence-corrected chi connectivity index (χ1v) is 13.0. The monoisotopic (exact) mass is 636 g/mol. The lowest BCUT2D eigenvalue weighted by molar-refractivity contribution is 0.0734. The molecule has 0 heterocycles. The molecule has 38 heavy (non-hydrogen) atoms. The predicted molar refractivity (Wildman–Crippen MR) is 152 cm³/mol. The molecule has 0 aromatic heterocycles. The summed E-state index contributed by atoms with van der Waals surface area (Å²) in [6, 6.07) is 26.5. The smallest absolute Gasteiger partial charge is 0.343 e. The van der Waals surface area contributed by atoms with Gasteiger partial charge in [0, 0.05) is 14.5 Å². The molecule has 1 N–H and O–H groups in total. The van der Waals surface area contributed by atoms with Crippen molar-refractivity contribution in [3.63, 3.8) is 0 Å². The van der Waals surface area contributed by atoms with Crippen molar-refractivity contribution >= 4 is 50.0 Å². The number of rotatable bonds is 9. The molecule has 192 valence electrons. The Balaban J connectivity index is 1.46. The van der Waals surface area contributed by atoms with Gasteiger partial charge in [-0.15, -0.1) is 0 Å². The number of esters is 1. The number of nitrogens with zero attached hydrogens (tertiary/aromatic N) is 1. The molecule has 0 fully saturated rings. The van der Waals surface area contributed by atoms with Gasteiger partial charge in [-0.25, -0.2) is 10.2 Å². The SMILES string of the molecule is COc1ccc(C(=O)Oc2ccc(Br)cc2/C=N\NC(=O)c2cc(Br)ccc2OCc2ccccc2)cc1. The van der Waals surface area contributed by atoms with E-state index in [4.69, 9.17) is 14.2 Å². The number of methoxy groups -OCH3 is 1. The highest BCUT2D eigenvalue weighted by molar-refractivity contribution is 9.10. The average molecular weight is 638 g/mol. The summed E-state index contributed by atoms with van der Waals surface area (Å²) in [7, 11) is 1.55. The van der Waals surface area contributed by atoms with Crippen molar-refractivity contribution in [3.8, 4) is 17.2 Å². The van der Waals surface area contributed by atoms with Crippen LogP contribution in [-0.2, 0) is 6.61 Å². The number of hydrogen-bond acceptors (Lipinski definition) is 6. The van der Waals surface area contributed by atoms with Crippen LogP contribution in [0.5, 0.6) is 17.2 Å². The highest BCUT2D eigenvalue weighted by atomic mass is 79.9. The maximum Gasteiger partial charge on any atom is 0.343 e. The molecular formula is C29H22Br2N2O5. The Morgan fingerprint density at radius 3 is 2.26 bits per heavy atom. The summed E-state index contributed by atoms with van der Waals surface area (Å²) in [5, 5.41) is 4.09. The van der Waals surface area contributed by atoms with Gasteiger partial charge in [0.1, 0.15) is 23.9 Å². The van der Waals surface area contributed by atoms with E-state index in [0.29, 0.717) is 34.8 Å². The van der Waals surface area contributed by atoms with E-state index in [9.17, 15) is 9.59 Å². The molecule has 7 nitrogen and oxygen atoms in total. The van der Waals surface area contributed by atoms with Crippen molar-refractivity contribution in [2.45, 2.75) is 6.61 Å². The third-order valence-electron chi connectivity index (χ3n) is 5.29. The number of amides is 1. The Kier molecular flexibility index (Phi) is 9.29. The second-order valence-corrected chi connectivity index (χ2v) is 9.75. The summed E-state index contributed by atoms with van der Waals surface area (Å²) in [5.41, 5.74) is 4.65. The van der Waals surface area contributed by atoms with Crippen molar-refractivity contribution in [1.29, 1.82) is 0 Å². The van der Waals surface area contributed by atoms with Gasteiger partial charge >= 0.3 is 5.97 Å². The second-order valence-electron chi connectivity index (χ2n) is 7.91. The van der Waals surface area contributed by atoms with Crippen molar-refractivity contribution < 1.29 is 23.8 Å². The van der Waals surface area contributed by atoms with Crippen LogP contribution in [0.2, 0.25) is 0 Å². The highest BCUT2D eigenvalue weighted by Crippen LogP contribution is 2.25. The minimum atomic E-state index is -0.539. The summed E-state index contributed by atoms with van der Waals surface area (Å²) >= 11 is 6.81. The van der Waals surface area contributed by atoms with Crippen LogP contribution in [0.1, 0.15) is 31.8 Å². The summed E-state index contributed by atoms with van der Waals surface area (Å²) in [4.78, 5) is 25.6. The van der Waals surface area contributed by atoms with E-state index in [2.05, 4.69) is 42.4 Å². The quantitative estimate of drug-likeness (QED) is 0.0946. The number of benzene rings is 4. The molecule has 0 aliphatic heterocycles. The van der Waals surface area contributed by atoms with Crippen molar-refractivity contribution in [3.05, 3.63) is 122 Å². The second kappa shape index (κ2) is 13.0. The van der Waals surface area contributed by atoms with Crippen LogP contribution in [0.15, 0.2) is 105 Å². The van der Waals surface area contributed by atoms with E-state index in [1.165, 1.54) is 6.21 Å². The zero-order valence-electron chi connectivity index (χ0n) is 20.2. The molecule has 0 aliphatic carbocycles. The molecular weight excluding hydrogens is 616 g/mol. The fourth-order valence-electron chi connectivity index (χ4n) is 3.36. The minimum absolute atomic E-state index is 0.279. The summed E-state index contributed by atoms with van der Waals surface area (Å²) in [5.74, 6) is 0.330. The van der Waals surface area contributed by atoms with E-state index >= 15 is 0 Å². The molecule has 9 heteroatoms. The Hall–Kier alpha value is -3.95. The third-order valence-corrected chi connectivity index (χ3v) is 6.28. The third kappa shape index (κ3) is 7.30. The topological polar surface area (TPSA) is 86.2 Å².